The van der Waals surface area contributed by atoms with Gasteiger partial charge in [-0.3, -0.25) is 4.98 Å². The van der Waals surface area contributed by atoms with Gasteiger partial charge in [0.25, 0.3) is 0 Å². The third kappa shape index (κ3) is 8.27. The second-order valence-corrected chi connectivity index (χ2v) is 7.54. The lowest BCUT2D eigenvalue weighted by atomic mass is 10.0. The summed E-state index contributed by atoms with van der Waals surface area (Å²) in [6.07, 6.45) is 7.76. The van der Waals surface area contributed by atoms with Gasteiger partial charge >= 0.3 is 0 Å². The minimum Gasteiger partial charge on any atom is -0.314 e. The van der Waals surface area contributed by atoms with Crippen molar-refractivity contribution >= 4 is 9.84 Å². The Labute approximate surface area is 122 Å². The number of rotatable bonds is 10. The Morgan fingerprint density at radius 2 is 2.10 bits per heavy atom. The van der Waals surface area contributed by atoms with Crippen molar-refractivity contribution in [3.05, 3.63) is 30.1 Å². The fourth-order valence-electron chi connectivity index (χ4n) is 2.16. The molecular formula is C15H26N2O2S. The van der Waals surface area contributed by atoms with E-state index in [-0.39, 0.29) is 5.75 Å². The van der Waals surface area contributed by atoms with Gasteiger partial charge in [-0.25, -0.2) is 8.42 Å². The van der Waals surface area contributed by atoms with Crippen LogP contribution in [0.2, 0.25) is 0 Å². The van der Waals surface area contributed by atoms with Gasteiger partial charge in [-0.15, -0.1) is 0 Å². The number of pyridine rings is 1. The van der Waals surface area contributed by atoms with Crippen molar-refractivity contribution in [2.24, 2.45) is 0 Å². The molecule has 114 valence electrons. The van der Waals surface area contributed by atoms with Crippen LogP contribution < -0.4 is 5.32 Å². The highest BCUT2D eigenvalue weighted by atomic mass is 32.2. The maximum Gasteiger partial charge on any atom is 0.147 e. The predicted octanol–water partition coefficient (Wildman–Crippen LogP) is 2.21. The van der Waals surface area contributed by atoms with Crippen LogP contribution in [0.3, 0.4) is 0 Å². The summed E-state index contributed by atoms with van der Waals surface area (Å²) in [4.78, 5) is 4.33. The van der Waals surface area contributed by atoms with E-state index in [0.29, 0.717) is 6.04 Å². The molecule has 0 radical (unpaired) electrons. The van der Waals surface area contributed by atoms with Crippen LogP contribution in [-0.4, -0.2) is 38.0 Å². The van der Waals surface area contributed by atoms with Gasteiger partial charge in [0.15, 0.2) is 0 Å². The number of sulfone groups is 1. The third-order valence-corrected chi connectivity index (χ3v) is 4.26. The minimum absolute atomic E-state index is 0.279. The van der Waals surface area contributed by atoms with E-state index in [1.807, 2.05) is 24.4 Å². The molecule has 1 unspecified atom stereocenters. The molecule has 1 heterocycles. The van der Waals surface area contributed by atoms with Gasteiger partial charge in [0, 0.05) is 29.9 Å². The van der Waals surface area contributed by atoms with Crippen molar-refractivity contribution in [3.63, 3.8) is 0 Å². The van der Waals surface area contributed by atoms with Crippen LogP contribution >= 0.6 is 0 Å². The Hall–Kier alpha value is -0.940. The molecule has 20 heavy (non-hydrogen) atoms. The Bertz CT molecular complexity index is 460. The number of aryl methyl sites for hydroxylation is 1. The summed E-state index contributed by atoms with van der Waals surface area (Å²) in [6, 6.07) is 6.33. The smallest absolute Gasteiger partial charge is 0.147 e. The number of nitrogens with one attached hydrogen (secondary N) is 1. The Kier molecular flexibility index (Phi) is 7.77. The number of hydrogen-bond donors (Lipinski definition) is 1. The maximum absolute atomic E-state index is 11.2. The molecule has 1 N–H and O–H groups in total. The van der Waals surface area contributed by atoms with Crippen molar-refractivity contribution in [1.82, 2.24) is 10.3 Å². The van der Waals surface area contributed by atoms with E-state index < -0.39 is 9.84 Å². The summed E-state index contributed by atoms with van der Waals surface area (Å²) < 4.78 is 22.4. The van der Waals surface area contributed by atoms with E-state index in [2.05, 4.69) is 17.2 Å². The molecule has 0 amide bonds. The van der Waals surface area contributed by atoms with Crippen LogP contribution in [0, 0.1) is 0 Å². The van der Waals surface area contributed by atoms with Crippen molar-refractivity contribution < 1.29 is 8.42 Å². The SMILES string of the molecule is CCCNC(CCCS(C)(=O)=O)CCc1ccccn1. The first kappa shape index (κ1) is 17.1. The van der Waals surface area contributed by atoms with Crippen LogP contribution in [-0.2, 0) is 16.3 Å². The van der Waals surface area contributed by atoms with Crippen LogP contribution in [0.4, 0.5) is 0 Å². The molecule has 0 aliphatic carbocycles. The summed E-state index contributed by atoms with van der Waals surface area (Å²) in [7, 11) is -2.85. The Morgan fingerprint density at radius 1 is 1.30 bits per heavy atom. The van der Waals surface area contributed by atoms with Crippen molar-refractivity contribution in [2.45, 2.75) is 45.1 Å². The van der Waals surface area contributed by atoms with E-state index in [0.717, 1.165) is 44.3 Å². The highest BCUT2D eigenvalue weighted by molar-refractivity contribution is 7.90. The van der Waals surface area contributed by atoms with E-state index in [9.17, 15) is 8.42 Å². The number of aromatic nitrogens is 1. The lowest BCUT2D eigenvalue weighted by molar-refractivity contribution is 0.447. The van der Waals surface area contributed by atoms with E-state index in [1.54, 1.807) is 0 Å². The zero-order valence-corrected chi connectivity index (χ0v) is 13.3. The fourth-order valence-corrected chi connectivity index (χ4v) is 2.85. The van der Waals surface area contributed by atoms with Crippen LogP contribution in [0.1, 0.15) is 38.3 Å². The molecule has 1 aromatic rings. The summed E-state index contributed by atoms with van der Waals surface area (Å²) in [5.41, 5.74) is 1.10. The molecule has 1 aromatic heterocycles. The Balaban J connectivity index is 2.39. The molecule has 1 rings (SSSR count). The lowest BCUT2D eigenvalue weighted by Gasteiger charge is -2.18. The van der Waals surface area contributed by atoms with E-state index in [4.69, 9.17) is 0 Å². The van der Waals surface area contributed by atoms with Crippen LogP contribution in [0.5, 0.6) is 0 Å². The van der Waals surface area contributed by atoms with Crippen molar-refractivity contribution in [1.29, 1.82) is 0 Å². The Morgan fingerprint density at radius 3 is 2.70 bits per heavy atom. The average Bonchev–Trinajstić information content (AvgIpc) is 2.41. The molecule has 4 nitrogen and oxygen atoms in total. The normalized spacial score (nSPS) is 13.3. The first-order chi connectivity index (χ1) is 9.51. The maximum atomic E-state index is 11.2. The van der Waals surface area contributed by atoms with Crippen molar-refractivity contribution in [2.75, 3.05) is 18.6 Å². The second kappa shape index (κ2) is 9.08. The molecule has 0 aromatic carbocycles. The highest BCUT2D eigenvalue weighted by Gasteiger charge is 2.10. The van der Waals surface area contributed by atoms with E-state index >= 15 is 0 Å². The summed E-state index contributed by atoms with van der Waals surface area (Å²) in [6.45, 7) is 3.12. The molecular weight excluding hydrogens is 272 g/mol. The molecule has 0 aliphatic heterocycles. The van der Waals surface area contributed by atoms with Gasteiger partial charge in [-0.2, -0.15) is 0 Å². The van der Waals surface area contributed by atoms with Gasteiger partial charge < -0.3 is 5.32 Å². The largest absolute Gasteiger partial charge is 0.314 e. The first-order valence-corrected chi connectivity index (χ1v) is 9.38. The molecule has 0 bridgehead atoms. The molecule has 5 heteroatoms. The predicted molar refractivity (Wildman–Crippen MR) is 83.6 cm³/mol. The zero-order valence-electron chi connectivity index (χ0n) is 12.5. The minimum atomic E-state index is -2.85. The molecule has 0 aliphatic rings. The average molecular weight is 298 g/mol. The topological polar surface area (TPSA) is 59.1 Å². The van der Waals surface area contributed by atoms with E-state index in [1.165, 1.54) is 6.26 Å². The van der Waals surface area contributed by atoms with Crippen molar-refractivity contribution in [3.8, 4) is 0 Å². The monoisotopic (exact) mass is 298 g/mol. The fraction of sp³-hybridized carbons (Fsp3) is 0.667. The number of hydrogen-bond acceptors (Lipinski definition) is 4. The number of nitrogens with zero attached hydrogens (tertiary/aromatic N) is 1. The summed E-state index contributed by atoms with van der Waals surface area (Å²) in [5, 5.41) is 3.50. The molecule has 0 spiro atoms. The molecule has 1 atom stereocenters. The second-order valence-electron chi connectivity index (χ2n) is 5.28. The molecule has 0 saturated heterocycles. The first-order valence-electron chi connectivity index (χ1n) is 7.32. The third-order valence-electron chi connectivity index (χ3n) is 3.23. The zero-order chi connectivity index (χ0) is 14.8. The highest BCUT2D eigenvalue weighted by Crippen LogP contribution is 2.08. The molecule has 0 saturated carbocycles. The van der Waals surface area contributed by atoms with Crippen LogP contribution in [0.15, 0.2) is 24.4 Å². The van der Waals surface area contributed by atoms with Gasteiger partial charge in [0.2, 0.25) is 0 Å². The van der Waals surface area contributed by atoms with Gasteiger partial charge in [-0.1, -0.05) is 13.0 Å². The van der Waals surface area contributed by atoms with Gasteiger partial charge in [0.05, 0.1) is 0 Å². The molecule has 0 fully saturated rings. The lowest BCUT2D eigenvalue weighted by Crippen LogP contribution is -2.30. The van der Waals surface area contributed by atoms with Gasteiger partial charge in [-0.05, 0) is 50.8 Å². The summed E-state index contributed by atoms with van der Waals surface area (Å²) in [5.74, 6) is 0.279. The summed E-state index contributed by atoms with van der Waals surface area (Å²) >= 11 is 0. The van der Waals surface area contributed by atoms with Gasteiger partial charge in [0.1, 0.15) is 9.84 Å². The van der Waals surface area contributed by atoms with Crippen LogP contribution in [0.25, 0.3) is 0 Å². The standard InChI is InChI=1S/C15H26N2O2S/c1-3-11-16-15(8-6-13-20(2,18)19)10-9-14-7-4-5-12-17-14/h4-5,7,12,15-16H,3,6,8-11,13H2,1-2H3. The quantitative estimate of drug-likeness (QED) is 0.719.